The van der Waals surface area contributed by atoms with Gasteiger partial charge in [0.15, 0.2) is 34.9 Å². The van der Waals surface area contributed by atoms with Gasteiger partial charge in [-0.1, -0.05) is 291 Å². The van der Waals surface area contributed by atoms with Gasteiger partial charge in [0.1, 0.15) is 22.3 Å². The number of aromatic nitrogens is 9. The Morgan fingerprint density at radius 2 is 0.654 bits per heavy atom. The Hall–Kier alpha value is -18.1. The van der Waals surface area contributed by atoms with E-state index in [4.69, 9.17) is 38.7 Å². The second kappa shape index (κ2) is 28.7. The average Bonchev–Trinajstić information content (AvgIpc) is 1.54. The van der Waals surface area contributed by atoms with Crippen LogP contribution in [0.25, 0.3) is 301 Å². The normalized spacial score (nSPS) is 12.3. The van der Waals surface area contributed by atoms with Crippen LogP contribution in [0.1, 0.15) is 0 Å². The maximum Gasteiger partial charge on any atom is 0.166 e. The van der Waals surface area contributed by atoms with Crippen LogP contribution in [0.5, 0.6) is 0 Å². The van der Waals surface area contributed by atoms with E-state index in [1.54, 1.807) is 11.3 Å². The quantitative estimate of drug-likeness (QED) is 0.124. The van der Waals surface area contributed by atoms with Gasteiger partial charge in [0.2, 0.25) is 0 Å². The first-order chi connectivity index (χ1) is 67.4. The van der Waals surface area contributed by atoms with E-state index in [1.807, 2.05) is 0 Å². The zero-order valence-electron chi connectivity index (χ0n) is 72.6. The number of thiophene rings is 1. The molecule has 0 atom stereocenters. The molecule has 0 radical (unpaired) electrons. The van der Waals surface area contributed by atoms with Crippen molar-refractivity contribution in [3.8, 4) is 96.5 Å². The first-order valence-corrected chi connectivity index (χ1v) is 46.8. The van der Waals surface area contributed by atoms with Crippen molar-refractivity contribution in [1.82, 2.24) is 43.6 Å². The number of para-hydroxylation sites is 4. The minimum Gasteiger partial charge on any atom is -0.456 e. The molecule has 12 heteroatoms. The van der Waals surface area contributed by atoms with Crippen molar-refractivity contribution in [2.45, 2.75) is 0 Å². The van der Waals surface area contributed by atoms with Crippen molar-refractivity contribution in [1.29, 1.82) is 0 Å². The van der Waals surface area contributed by atoms with E-state index < -0.39 is 0 Å². The van der Waals surface area contributed by atoms with Gasteiger partial charge in [-0.15, -0.1) is 11.3 Å². The topological polar surface area (TPSA) is 118 Å². The SMILES string of the molecule is c1ccc(-n2c3ccccc3c3cccc(-c4nc(-c5cc6c(cc5-n5c7cc8ccccc8cc7c7c8ccccc8ccc75)oc5cc(-c7ccc8cc(-c9nc(-c%10cc%11c(cc%10-n%10c%12ccccc%12c%12cc%13ccccc%13cc%12%10)oc%10c%12ccccc%12ccc%11%10)nc(-c%10cccc%11ccccc%10%11)n9)c9ccccc9c8c7)ccc56)nc(-c5cccc6c5sc5ccccc56)n4)c32)cc1. The lowest BCUT2D eigenvalue weighted by Crippen LogP contribution is -2.05. The number of hydrogen-bond donors (Lipinski definition) is 0. The third kappa shape index (κ3) is 11.1. The van der Waals surface area contributed by atoms with Crippen LogP contribution in [0.2, 0.25) is 0 Å². The molecule has 0 amide bonds. The molecule has 11 nitrogen and oxygen atoms in total. The Bertz CT molecular complexity index is 10500. The number of rotatable bonds is 10. The summed E-state index contributed by atoms with van der Waals surface area (Å²) in [5.74, 6) is 3.24. The first kappa shape index (κ1) is 74.7. The molecule has 22 aromatic carbocycles. The number of fused-ring (bicyclic) bond motifs is 28. The predicted octanol–water partition coefficient (Wildman–Crippen LogP) is 33.3. The third-order valence-electron chi connectivity index (χ3n) is 28.4. The largest absolute Gasteiger partial charge is 0.456 e. The van der Waals surface area contributed by atoms with E-state index in [0.29, 0.717) is 40.5 Å². The molecule has 0 N–H and O–H groups in total. The predicted molar refractivity (Wildman–Crippen MR) is 564 cm³/mol. The zero-order chi connectivity index (χ0) is 88.6. The molecule has 8 aromatic heterocycles. The molecule has 136 heavy (non-hydrogen) atoms. The van der Waals surface area contributed by atoms with Crippen molar-refractivity contribution in [2.24, 2.45) is 0 Å². The molecular formula is C124H69N9O2S. The average molecular weight is 1750 g/mol. The van der Waals surface area contributed by atoms with Gasteiger partial charge in [-0.25, -0.2) is 29.9 Å². The lowest BCUT2D eigenvalue weighted by molar-refractivity contribution is 0.669. The molecule has 0 aliphatic rings. The van der Waals surface area contributed by atoms with Gasteiger partial charge in [-0.3, -0.25) is 0 Å². The van der Waals surface area contributed by atoms with Crippen LogP contribution in [0, 0.1) is 0 Å². The number of nitrogens with zero attached hydrogens (tertiary/aromatic N) is 9. The van der Waals surface area contributed by atoms with Crippen LogP contribution in [0.3, 0.4) is 0 Å². The monoisotopic (exact) mass is 1750 g/mol. The lowest BCUT2D eigenvalue weighted by Gasteiger charge is -2.16. The number of furan rings is 2. The minimum atomic E-state index is 0.512. The van der Waals surface area contributed by atoms with Crippen LogP contribution < -0.4 is 0 Å². The summed E-state index contributed by atoms with van der Waals surface area (Å²) in [6.07, 6.45) is 0. The molecule has 0 unspecified atom stereocenters. The summed E-state index contributed by atoms with van der Waals surface area (Å²) >= 11 is 1.77. The number of hydrogen-bond acceptors (Lipinski definition) is 9. The van der Waals surface area contributed by atoms with Gasteiger partial charge in [-0.2, -0.15) is 0 Å². The fourth-order valence-electron chi connectivity index (χ4n) is 22.2. The van der Waals surface area contributed by atoms with Gasteiger partial charge in [0.05, 0.1) is 44.5 Å². The highest BCUT2D eigenvalue weighted by atomic mass is 32.1. The smallest absolute Gasteiger partial charge is 0.166 e. The lowest BCUT2D eigenvalue weighted by atomic mass is 9.93. The first-order valence-electron chi connectivity index (χ1n) is 46.0. The number of benzene rings is 22. The second-order valence-corrected chi connectivity index (χ2v) is 36.9. The Balaban J connectivity index is 0.625. The van der Waals surface area contributed by atoms with E-state index in [2.05, 4.69) is 432 Å². The van der Waals surface area contributed by atoms with Gasteiger partial charge in [0, 0.05) is 131 Å². The summed E-state index contributed by atoms with van der Waals surface area (Å²) in [6.45, 7) is 0. The Kier molecular flexibility index (Phi) is 15.8. The summed E-state index contributed by atoms with van der Waals surface area (Å²) in [5, 5.41) is 28.3. The van der Waals surface area contributed by atoms with Crippen LogP contribution >= 0.6 is 11.3 Å². The van der Waals surface area contributed by atoms with Crippen molar-refractivity contribution >= 4 is 216 Å². The molecule has 8 heterocycles. The maximum atomic E-state index is 7.47. The van der Waals surface area contributed by atoms with E-state index >= 15 is 0 Å². The highest BCUT2D eigenvalue weighted by molar-refractivity contribution is 7.26. The van der Waals surface area contributed by atoms with Crippen molar-refractivity contribution in [3.63, 3.8) is 0 Å². The molecule has 30 aromatic rings. The van der Waals surface area contributed by atoms with Gasteiger partial charge < -0.3 is 22.5 Å². The van der Waals surface area contributed by atoms with Crippen molar-refractivity contribution < 1.29 is 8.83 Å². The summed E-state index contributed by atoms with van der Waals surface area (Å²) in [6, 6.07) is 151. The minimum absolute atomic E-state index is 0.512. The molecule has 0 aliphatic carbocycles. The molecule has 628 valence electrons. The Morgan fingerprint density at radius 1 is 0.199 bits per heavy atom. The highest BCUT2D eigenvalue weighted by Crippen LogP contribution is 2.51. The molecule has 0 aliphatic heterocycles. The standard InChI is InChI=1S/C124H69N9O2S/c1-2-33-80(34-3-1)131-104-48-19-16-40-86(104)90-43-23-46-94(116(90)131)120-127-121(95-47-24-44-92-89-42-18-21-50-114(89)136-118(92)95)129-124(128-120)102-66-98-88-56-54-78(65-111(88)134-112(98)68-110(102)133-106-58-55-71-26-9-12-36-82(71)115(106)101-61-74-29-5-7-31-76(74)64-108(101)133)77-51-52-79-62-100(85-39-15-14-38-84(85)96(79)59-77)122-125-119(93-45-22-32-70-25-8-11-35-81(70)93)126-123(130-122)103-67-99-91-57-53-72-27-10-13-37-83(72)117(91)135-113(99)69-109(103)132-105-49-20-17-41-87(105)97-60-73-28-4-6-30-75(73)63-107(97)132/h1-69H. The van der Waals surface area contributed by atoms with Crippen LogP contribution in [0.15, 0.2) is 427 Å². The molecule has 0 fully saturated rings. The van der Waals surface area contributed by atoms with Crippen molar-refractivity contribution in [3.05, 3.63) is 419 Å². The van der Waals surface area contributed by atoms with E-state index in [-0.39, 0.29) is 0 Å². The van der Waals surface area contributed by atoms with Crippen LogP contribution in [0.4, 0.5) is 0 Å². The van der Waals surface area contributed by atoms with Crippen molar-refractivity contribution in [2.75, 3.05) is 0 Å². The van der Waals surface area contributed by atoms with Gasteiger partial charge in [0.25, 0.3) is 0 Å². The van der Waals surface area contributed by atoms with Crippen LogP contribution in [-0.4, -0.2) is 43.6 Å². The van der Waals surface area contributed by atoms with Crippen LogP contribution in [-0.2, 0) is 0 Å². The zero-order valence-corrected chi connectivity index (χ0v) is 73.4. The Labute approximate surface area is 778 Å². The fourth-order valence-corrected chi connectivity index (χ4v) is 23.4. The molecule has 0 saturated carbocycles. The summed E-state index contributed by atoms with van der Waals surface area (Å²) in [4.78, 5) is 34.8. The second-order valence-electron chi connectivity index (χ2n) is 35.8. The maximum absolute atomic E-state index is 7.47. The Morgan fingerprint density at radius 3 is 1.38 bits per heavy atom. The summed E-state index contributed by atoms with van der Waals surface area (Å²) < 4.78 is 24.1. The molecule has 0 saturated heterocycles. The third-order valence-corrected chi connectivity index (χ3v) is 29.6. The summed E-state index contributed by atoms with van der Waals surface area (Å²) in [5.41, 5.74) is 19.3. The molecule has 30 rings (SSSR count). The summed E-state index contributed by atoms with van der Waals surface area (Å²) in [7, 11) is 0. The van der Waals surface area contributed by atoms with E-state index in [1.165, 1.54) is 15.5 Å². The van der Waals surface area contributed by atoms with Gasteiger partial charge >= 0.3 is 0 Å². The van der Waals surface area contributed by atoms with Gasteiger partial charge in [-0.05, 0) is 196 Å². The van der Waals surface area contributed by atoms with E-state index in [9.17, 15) is 0 Å². The molecule has 0 spiro atoms. The van der Waals surface area contributed by atoms with E-state index in [0.717, 1.165) is 245 Å². The molecular weight excluding hydrogens is 1680 g/mol. The molecule has 0 bridgehead atoms. The fraction of sp³-hybridized carbons (Fsp3) is 0. The highest BCUT2D eigenvalue weighted by Gasteiger charge is 2.30.